The minimum absolute atomic E-state index is 0.0191. The van der Waals surface area contributed by atoms with E-state index < -0.39 is 5.97 Å². The van der Waals surface area contributed by atoms with Gasteiger partial charge in [0.05, 0.1) is 21.6 Å². The van der Waals surface area contributed by atoms with Crippen LogP contribution in [-0.2, 0) is 16.0 Å². The lowest BCUT2D eigenvalue weighted by molar-refractivity contribution is -0.138. The number of carboxylic acids is 1. The third-order valence-corrected chi connectivity index (χ3v) is 4.87. The molecule has 2 aromatic rings. The molecule has 0 saturated heterocycles. The molecule has 5 nitrogen and oxygen atoms in total. The van der Waals surface area contributed by atoms with Crippen molar-refractivity contribution in [3.63, 3.8) is 0 Å². The van der Waals surface area contributed by atoms with Gasteiger partial charge in [0, 0.05) is 30.4 Å². The smallest absolute Gasteiger partial charge is 0.305 e. The van der Waals surface area contributed by atoms with Crippen LogP contribution in [0.3, 0.4) is 0 Å². The van der Waals surface area contributed by atoms with Gasteiger partial charge in [-0.1, -0.05) is 15.9 Å². The average molecular weight is 385 g/mol. The first-order valence-electron chi connectivity index (χ1n) is 7.04. The lowest BCUT2D eigenvalue weighted by atomic mass is 10.2. The van der Waals surface area contributed by atoms with Gasteiger partial charge in [-0.15, -0.1) is 11.3 Å². The summed E-state index contributed by atoms with van der Waals surface area (Å²) in [7, 11) is 0. The van der Waals surface area contributed by atoms with Gasteiger partial charge < -0.3 is 10.0 Å². The average Bonchev–Trinajstić information content (AvgIpc) is 2.87. The number of fused-ring (bicyclic) bond motifs is 1. The van der Waals surface area contributed by atoms with Gasteiger partial charge in [-0.2, -0.15) is 0 Å². The van der Waals surface area contributed by atoms with E-state index in [-0.39, 0.29) is 18.9 Å². The second-order valence-electron chi connectivity index (χ2n) is 4.84. The van der Waals surface area contributed by atoms with Crippen molar-refractivity contribution in [1.82, 2.24) is 9.88 Å². The molecule has 2 rings (SSSR count). The molecular formula is C15H17BrN2O3S. The highest BCUT2D eigenvalue weighted by atomic mass is 79.9. The monoisotopic (exact) mass is 384 g/mol. The second kappa shape index (κ2) is 7.69. The van der Waals surface area contributed by atoms with Crippen molar-refractivity contribution >= 4 is 49.4 Å². The number of carboxylic acid groups (broad SMARTS) is 1. The molecule has 0 fully saturated rings. The van der Waals surface area contributed by atoms with Crippen LogP contribution in [0.2, 0.25) is 0 Å². The second-order valence-corrected chi connectivity index (χ2v) is 6.87. The van der Waals surface area contributed by atoms with Crippen molar-refractivity contribution < 1.29 is 14.7 Å². The van der Waals surface area contributed by atoms with E-state index in [2.05, 4.69) is 20.9 Å². The lowest BCUT2D eigenvalue weighted by Crippen LogP contribution is -2.32. The number of halogens is 1. The summed E-state index contributed by atoms with van der Waals surface area (Å²) < 4.78 is 2.09. The van der Waals surface area contributed by atoms with Crippen LogP contribution in [0.15, 0.2) is 22.7 Å². The Bertz CT molecular complexity index is 686. The van der Waals surface area contributed by atoms with Gasteiger partial charge in [-0.3, -0.25) is 9.59 Å². The minimum atomic E-state index is -0.886. The summed E-state index contributed by atoms with van der Waals surface area (Å²) in [5, 5.41) is 9.63. The Morgan fingerprint density at radius 3 is 2.82 bits per heavy atom. The quantitative estimate of drug-likeness (QED) is 0.794. The maximum atomic E-state index is 12.1. The van der Waals surface area contributed by atoms with Crippen molar-refractivity contribution in [2.75, 3.05) is 13.1 Å². The Labute approximate surface area is 141 Å². The van der Waals surface area contributed by atoms with Gasteiger partial charge in [-0.25, -0.2) is 4.98 Å². The van der Waals surface area contributed by atoms with Crippen LogP contribution in [0.4, 0.5) is 0 Å². The zero-order chi connectivity index (χ0) is 16.1. The highest BCUT2D eigenvalue weighted by Gasteiger charge is 2.14. The van der Waals surface area contributed by atoms with E-state index in [0.717, 1.165) is 19.7 Å². The molecule has 22 heavy (non-hydrogen) atoms. The summed E-state index contributed by atoms with van der Waals surface area (Å²) in [5.74, 6) is -0.910. The molecule has 0 aliphatic rings. The summed E-state index contributed by atoms with van der Waals surface area (Å²) in [6.45, 7) is 2.64. The standard InChI is InChI=1S/C15H17BrN2O3S/c1-2-18(8-7-15(20)21)14(19)6-5-13-17-11-9-10(16)3-4-12(11)22-13/h3-4,9H,2,5-8H2,1H3,(H,20,21). The fourth-order valence-electron chi connectivity index (χ4n) is 2.12. The van der Waals surface area contributed by atoms with E-state index in [1.807, 2.05) is 25.1 Å². The Morgan fingerprint density at radius 2 is 2.14 bits per heavy atom. The number of aliphatic carboxylic acids is 1. The maximum absolute atomic E-state index is 12.1. The molecule has 7 heteroatoms. The zero-order valence-electron chi connectivity index (χ0n) is 12.2. The number of rotatable bonds is 7. The topological polar surface area (TPSA) is 70.5 Å². The van der Waals surface area contributed by atoms with Crippen LogP contribution in [0, 0.1) is 0 Å². The lowest BCUT2D eigenvalue weighted by Gasteiger charge is -2.19. The van der Waals surface area contributed by atoms with Crippen LogP contribution < -0.4 is 0 Å². The number of carbonyl (C=O) groups is 2. The molecule has 118 valence electrons. The fraction of sp³-hybridized carbons (Fsp3) is 0.400. The third kappa shape index (κ3) is 4.51. The third-order valence-electron chi connectivity index (χ3n) is 3.28. The molecule has 0 spiro atoms. The summed E-state index contributed by atoms with van der Waals surface area (Å²) in [4.78, 5) is 28.8. The highest BCUT2D eigenvalue weighted by Crippen LogP contribution is 2.25. The van der Waals surface area contributed by atoms with Crippen LogP contribution >= 0.6 is 27.3 Å². The number of nitrogens with zero attached hydrogens (tertiary/aromatic N) is 2. The van der Waals surface area contributed by atoms with E-state index >= 15 is 0 Å². The van der Waals surface area contributed by atoms with Crippen molar-refractivity contribution in [2.45, 2.75) is 26.2 Å². The van der Waals surface area contributed by atoms with Crippen molar-refractivity contribution in [3.05, 3.63) is 27.7 Å². The van der Waals surface area contributed by atoms with E-state index in [1.165, 1.54) is 0 Å². The largest absolute Gasteiger partial charge is 0.481 e. The molecule has 0 bridgehead atoms. The van der Waals surface area contributed by atoms with E-state index in [1.54, 1.807) is 16.2 Å². The molecule has 1 heterocycles. The number of amides is 1. The normalized spacial score (nSPS) is 10.8. The fourth-order valence-corrected chi connectivity index (χ4v) is 3.41. The number of carbonyl (C=O) groups excluding carboxylic acids is 1. The van der Waals surface area contributed by atoms with E-state index in [9.17, 15) is 9.59 Å². The number of hydrogen-bond donors (Lipinski definition) is 1. The van der Waals surface area contributed by atoms with Crippen LogP contribution in [0.1, 0.15) is 24.8 Å². The van der Waals surface area contributed by atoms with Gasteiger partial charge in [-0.05, 0) is 25.1 Å². The maximum Gasteiger partial charge on any atom is 0.305 e. The summed E-state index contributed by atoms with van der Waals surface area (Å²) in [5.41, 5.74) is 0.931. The van der Waals surface area contributed by atoms with Gasteiger partial charge >= 0.3 is 5.97 Å². The van der Waals surface area contributed by atoms with Crippen LogP contribution in [-0.4, -0.2) is 40.0 Å². The molecule has 0 atom stereocenters. The molecule has 0 saturated carbocycles. The number of aryl methyl sites for hydroxylation is 1. The van der Waals surface area contributed by atoms with Crippen LogP contribution in [0.25, 0.3) is 10.2 Å². The summed E-state index contributed by atoms with van der Waals surface area (Å²) in [6, 6.07) is 5.94. The van der Waals surface area contributed by atoms with Gasteiger partial charge in [0.15, 0.2) is 0 Å². The van der Waals surface area contributed by atoms with Gasteiger partial charge in [0.2, 0.25) is 5.91 Å². The number of benzene rings is 1. The number of hydrogen-bond acceptors (Lipinski definition) is 4. The van der Waals surface area contributed by atoms with Crippen molar-refractivity contribution in [1.29, 1.82) is 0 Å². The summed E-state index contributed by atoms with van der Waals surface area (Å²) in [6.07, 6.45) is 0.919. The van der Waals surface area contributed by atoms with Gasteiger partial charge in [0.1, 0.15) is 0 Å². The Morgan fingerprint density at radius 1 is 1.36 bits per heavy atom. The molecule has 0 radical (unpaired) electrons. The highest BCUT2D eigenvalue weighted by molar-refractivity contribution is 9.10. The van der Waals surface area contributed by atoms with E-state index in [0.29, 0.717) is 19.4 Å². The molecule has 0 aliphatic carbocycles. The molecule has 0 aliphatic heterocycles. The zero-order valence-corrected chi connectivity index (χ0v) is 14.6. The molecular weight excluding hydrogens is 368 g/mol. The Hall–Kier alpha value is -1.47. The van der Waals surface area contributed by atoms with Crippen LogP contribution in [0.5, 0.6) is 0 Å². The van der Waals surface area contributed by atoms with E-state index in [4.69, 9.17) is 5.11 Å². The molecule has 1 N–H and O–H groups in total. The van der Waals surface area contributed by atoms with Crippen molar-refractivity contribution in [2.24, 2.45) is 0 Å². The predicted molar refractivity (Wildman–Crippen MR) is 90.1 cm³/mol. The molecule has 0 unspecified atom stereocenters. The minimum Gasteiger partial charge on any atom is -0.481 e. The predicted octanol–water partition coefficient (Wildman–Crippen LogP) is 3.31. The molecule has 1 aromatic carbocycles. The first-order valence-corrected chi connectivity index (χ1v) is 8.65. The summed E-state index contributed by atoms with van der Waals surface area (Å²) >= 11 is 5.01. The van der Waals surface area contributed by atoms with Crippen molar-refractivity contribution in [3.8, 4) is 0 Å². The Balaban J connectivity index is 1.94. The SMILES string of the molecule is CCN(CCC(=O)O)C(=O)CCc1nc2cc(Br)ccc2s1. The number of aromatic nitrogens is 1. The van der Waals surface area contributed by atoms with Gasteiger partial charge in [0.25, 0.3) is 0 Å². The number of thiazole rings is 1. The molecule has 1 amide bonds. The molecule has 1 aromatic heterocycles. The first kappa shape index (κ1) is 16.9. The Kier molecular flexibility index (Phi) is 5.90. The first-order chi connectivity index (χ1) is 10.5.